The molecule has 0 saturated heterocycles. The number of nitrogens with two attached hydrogens (primary N) is 2. The van der Waals surface area contributed by atoms with Gasteiger partial charge in [-0.25, -0.2) is 0 Å². The van der Waals surface area contributed by atoms with Gasteiger partial charge in [0.2, 0.25) is 47.3 Å². The molecule has 1 aromatic rings. The lowest BCUT2D eigenvalue weighted by atomic mass is 9.99. The summed E-state index contributed by atoms with van der Waals surface area (Å²) < 4.78 is 0. The number of unbranched alkanes of at least 4 members (excludes halogenated alkanes) is 12. The Morgan fingerprint density at radius 1 is 0.477 bits per heavy atom. The molecule has 0 unspecified atom stereocenters. The summed E-state index contributed by atoms with van der Waals surface area (Å²) in [5, 5.41) is 80.3. The Labute approximate surface area is 505 Å². The first-order valence-electron chi connectivity index (χ1n) is 30.1. The minimum Gasteiger partial charge on any atom is -0.481 e. The SMILES string of the molecule is CCCCCCCCCCCCCCCC(=O)N[C@@H](C(=O)N[C@@H](C(=O)N[C@@H](Cc1ccccc1)C(=O)N[C@@H](CCCNC(=N)N)C(=O)N[C@@H](CO)C(=O)N[C@@H](CO)C(=O)N[C@@H](CCCNC(=N)N)C(=O)N[C@@H](CCC(=O)O)C(C)=O)C(C)C)[C@@H](C)O. The van der Waals surface area contributed by atoms with E-state index < -0.39 is 145 Å². The quantitative estimate of drug-likeness (QED) is 0.0224. The van der Waals surface area contributed by atoms with Crippen LogP contribution < -0.4 is 64.6 Å². The molecule has 0 aromatic heterocycles. The van der Waals surface area contributed by atoms with E-state index in [4.69, 9.17) is 27.4 Å². The Hall–Kier alpha value is -7.46. The van der Waals surface area contributed by atoms with E-state index in [1.54, 1.807) is 44.2 Å². The van der Waals surface area contributed by atoms with E-state index in [0.29, 0.717) is 12.0 Å². The smallest absolute Gasteiger partial charge is 0.303 e. The van der Waals surface area contributed by atoms with Gasteiger partial charge in [-0.3, -0.25) is 58.8 Å². The van der Waals surface area contributed by atoms with Crippen molar-refractivity contribution in [3.8, 4) is 0 Å². The van der Waals surface area contributed by atoms with Gasteiger partial charge in [-0.1, -0.05) is 128 Å². The topological polar surface area (TPSA) is 472 Å². The van der Waals surface area contributed by atoms with Crippen LogP contribution in [-0.4, -0.2) is 172 Å². The average Bonchev–Trinajstić information content (AvgIpc) is 2.70. The van der Waals surface area contributed by atoms with Crippen LogP contribution in [0.25, 0.3) is 0 Å². The highest BCUT2D eigenvalue weighted by atomic mass is 16.4. The summed E-state index contributed by atoms with van der Waals surface area (Å²) in [6.07, 6.45) is 12.4. The van der Waals surface area contributed by atoms with Crippen molar-refractivity contribution in [3.63, 3.8) is 0 Å². The standard InChI is InChI=1S/C58H100N14O14/c1-6-7-8-9-10-11-12-13-14-15-16-17-21-28-46(77)71-49(38(5)76)56(86)72-48(36(2)3)55(85)68-43(33-39-24-19-18-20-25-39)52(82)66-42(27-23-32-64-58(61)62)51(81)69-45(35-74)54(84)70-44(34-73)53(83)67-41(26-22-31-63-57(59)60)50(80)65-40(37(4)75)29-30-47(78)79/h18-20,24-25,36,38,40-45,48-49,73-74,76H,6-17,21-23,26-35H2,1-5H3,(H,65,80)(H,66,82)(H,67,83)(H,68,85)(H,69,81)(H,70,84)(H,71,77)(H,72,86)(H,78,79)(H4,59,60,63)(H4,61,62,64)/t38-,40+,41+,42+,43+,44+,45+,48-,49-/m1/s1. The summed E-state index contributed by atoms with van der Waals surface area (Å²) >= 11 is 0. The molecular formula is C58H100N14O14. The number of guanidine groups is 2. The van der Waals surface area contributed by atoms with Gasteiger partial charge in [-0.15, -0.1) is 0 Å². The number of aliphatic carboxylic acids is 1. The van der Waals surface area contributed by atoms with Gasteiger partial charge in [0.1, 0.15) is 42.3 Å². The van der Waals surface area contributed by atoms with Gasteiger partial charge in [0, 0.05) is 32.4 Å². The zero-order valence-electron chi connectivity index (χ0n) is 50.9. The second-order valence-corrected chi connectivity index (χ2v) is 21.9. The van der Waals surface area contributed by atoms with Crippen molar-refractivity contribution >= 4 is 70.9 Å². The number of rotatable bonds is 47. The summed E-state index contributed by atoms with van der Waals surface area (Å²) in [5.41, 5.74) is 11.4. The minimum atomic E-state index is -1.84. The van der Waals surface area contributed by atoms with E-state index >= 15 is 0 Å². The molecule has 0 radical (unpaired) electrons. The van der Waals surface area contributed by atoms with Crippen molar-refractivity contribution in [2.75, 3.05) is 26.3 Å². The van der Waals surface area contributed by atoms with Crippen LogP contribution in [-0.2, 0) is 54.4 Å². The third-order valence-electron chi connectivity index (χ3n) is 14.1. The van der Waals surface area contributed by atoms with E-state index in [1.807, 2.05) is 0 Å². The number of Topliss-reactive ketones (excluding diaryl/α,β-unsaturated/α-hetero) is 1. The number of carboxylic acids is 1. The van der Waals surface area contributed by atoms with Crippen LogP contribution >= 0.6 is 0 Å². The van der Waals surface area contributed by atoms with Gasteiger partial charge in [-0.05, 0) is 63.9 Å². The largest absolute Gasteiger partial charge is 0.481 e. The third-order valence-corrected chi connectivity index (χ3v) is 14.1. The predicted octanol–water partition coefficient (Wildman–Crippen LogP) is -0.409. The van der Waals surface area contributed by atoms with Crippen LogP contribution in [0.15, 0.2) is 30.3 Å². The van der Waals surface area contributed by atoms with Crippen LogP contribution in [0, 0.1) is 16.7 Å². The monoisotopic (exact) mass is 1220 g/mol. The zero-order valence-corrected chi connectivity index (χ0v) is 50.9. The van der Waals surface area contributed by atoms with E-state index in [-0.39, 0.29) is 64.0 Å². The number of benzene rings is 1. The Morgan fingerprint density at radius 2 is 0.872 bits per heavy atom. The highest BCUT2D eigenvalue weighted by Gasteiger charge is 2.36. The zero-order chi connectivity index (χ0) is 64.6. The van der Waals surface area contributed by atoms with Gasteiger partial charge >= 0.3 is 5.97 Å². The van der Waals surface area contributed by atoms with E-state index in [9.17, 15) is 63.3 Å². The van der Waals surface area contributed by atoms with Gasteiger partial charge in [0.25, 0.3) is 0 Å². The third kappa shape index (κ3) is 33.3. The fourth-order valence-corrected chi connectivity index (χ4v) is 9.04. The molecule has 0 aliphatic heterocycles. The Bertz CT molecular complexity index is 2290. The predicted molar refractivity (Wildman–Crippen MR) is 322 cm³/mol. The summed E-state index contributed by atoms with van der Waals surface area (Å²) in [7, 11) is 0. The van der Waals surface area contributed by atoms with E-state index in [1.165, 1.54) is 58.3 Å². The maximum absolute atomic E-state index is 14.4. The summed E-state index contributed by atoms with van der Waals surface area (Å²) in [4.78, 5) is 134. The van der Waals surface area contributed by atoms with Crippen LogP contribution in [0.4, 0.5) is 0 Å². The second-order valence-electron chi connectivity index (χ2n) is 21.9. The highest BCUT2D eigenvalue weighted by molar-refractivity contribution is 5.98. The van der Waals surface area contributed by atoms with Crippen LogP contribution in [0.1, 0.15) is 169 Å². The van der Waals surface area contributed by atoms with Gasteiger partial charge in [-0.2, -0.15) is 0 Å². The lowest BCUT2D eigenvalue weighted by Crippen LogP contribution is -2.62. The van der Waals surface area contributed by atoms with Crippen molar-refractivity contribution in [3.05, 3.63) is 35.9 Å². The van der Waals surface area contributed by atoms with Crippen molar-refractivity contribution < 1.29 is 68.4 Å². The summed E-state index contributed by atoms with van der Waals surface area (Å²) in [5.74, 6) is -10.5. The average molecular weight is 1220 g/mol. The van der Waals surface area contributed by atoms with Crippen LogP contribution in [0.3, 0.4) is 0 Å². The number of carboxylic acid groups (broad SMARTS) is 1. The first kappa shape index (κ1) is 76.6. The minimum absolute atomic E-state index is 0.0312. The molecule has 486 valence electrons. The van der Waals surface area contributed by atoms with Crippen molar-refractivity contribution in [2.24, 2.45) is 17.4 Å². The van der Waals surface area contributed by atoms with Crippen LogP contribution in [0.2, 0.25) is 0 Å². The first-order valence-corrected chi connectivity index (χ1v) is 30.1. The number of aliphatic hydroxyl groups is 3. The molecule has 8 amide bonds. The maximum Gasteiger partial charge on any atom is 0.303 e. The molecular weight excluding hydrogens is 1120 g/mol. The highest BCUT2D eigenvalue weighted by Crippen LogP contribution is 2.15. The molecule has 28 nitrogen and oxygen atoms in total. The molecule has 20 N–H and O–H groups in total. The van der Waals surface area contributed by atoms with E-state index in [2.05, 4.69) is 60.1 Å². The fraction of sp³-hybridized carbons (Fsp3) is 0.690. The first-order chi connectivity index (χ1) is 40.8. The molecule has 0 spiro atoms. The molecule has 86 heavy (non-hydrogen) atoms. The molecule has 0 fully saturated rings. The number of nitrogens with one attached hydrogen (secondary N) is 12. The lowest BCUT2D eigenvalue weighted by Gasteiger charge is -2.29. The molecule has 0 saturated carbocycles. The molecule has 28 heteroatoms. The number of hydrogen-bond acceptors (Lipinski definition) is 15. The number of aliphatic hydroxyl groups excluding tert-OH is 3. The number of hydrogen-bond donors (Lipinski definition) is 18. The number of ketones is 1. The summed E-state index contributed by atoms with van der Waals surface area (Å²) in [6, 6.07) is -3.57. The molecule has 1 aromatic carbocycles. The number of carbonyl (C=O) groups is 10. The normalized spacial score (nSPS) is 14.2. The molecule has 9 atom stereocenters. The molecule has 0 bridgehead atoms. The van der Waals surface area contributed by atoms with E-state index in [0.717, 1.165) is 32.6 Å². The molecule has 0 aliphatic carbocycles. The number of amides is 8. The Morgan fingerprint density at radius 3 is 1.28 bits per heavy atom. The van der Waals surface area contributed by atoms with Crippen LogP contribution in [0.5, 0.6) is 0 Å². The van der Waals surface area contributed by atoms with Crippen molar-refractivity contribution in [2.45, 2.75) is 224 Å². The maximum atomic E-state index is 14.4. The fourth-order valence-electron chi connectivity index (χ4n) is 9.04. The summed E-state index contributed by atoms with van der Waals surface area (Å²) in [6.45, 7) is 5.86. The van der Waals surface area contributed by atoms with Crippen molar-refractivity contribution in [1.82, 2.24) is 53.2 Å². The van der Waals surface area contributed by atoms with Crippen molar-refractivity contribution in [1.29, 1.82) is 10.8 Å². The van der Waals surface area contributed by atoms with Gasteiger partial charge in [0.05, 0.1) is 25.4 Å². The van der Waals surface area contributed by atoms with Gasteiger partial charge in [0.15, 0.2) is 17.7 Å². The Kier molecular flexibility index (Phi) is 39.2. The second kappa shape index (κ2) is 44.1. The van der Waals surface area contributed by atoms with Gasteiger partial charge < -0.3 is 85.1 Å². The molecule has 0 heterocycles. The number of carbonyl (C=O) groups excluding carboxylic acids is 9. The Balaban J connectivity index is 3.30. The molecule has 0 aliphatic rings. The molecule has 1 rings (SSSR count). The lowest BCUT2D eigenvalue weighted by molar-refractivity contribution is -0.138.